The van der Waals surface area contributed by atoms with Gasteiger partial charge in [0.05, 0.1) is 31.8 Å². The fraction of sp³-hybridized carbons (Fsp3) is 0.304. The van der Waals surface area contributed by atoms with Gasteiger partial charge in [0.15, 0.2) is 0 Å². The highest BCUT2D eigenvalue weighted by atomic mass is 32.1. The van der Waals surface area contributed by atoms with Crippen LogP contribution in [0.3, 0.4) is 0 Å². The highest BCUT2D eigenvalue weighted by molar-refractivity contribution is 7.18. The highest BCUT2D eigenvalue weighted by Crippen LogP contribution is 2.39. The molecule has 1 fully saturated rings. The Hall–Kier alpha value is -2.36. The van der Waals surface area contributed by atoms with Crippen LogP contribution in [0.4, 0.5) is 5.82 Å². The average Bonchev–Trinajstić information content (AvgIpc) is 3.48. The molecule has 0 saturated carbocycles. The lowest BCUT2D eigenvalue weighted by atomic mass is 10.1. The first kappa shape index (κ1) is 20.5. The Bertz CT molecular complexity index is 1150. The maximum atomic E-state index is 9.68. The third-order valence-corrected chi connectivity index (χ3v) is 7.25. The third kappa shape index (κ3) is 4.49. The van der Waals surface area contributed by atoms with E-state index in [9.17, 15) is 5.11 Å². The molecule has 1 aliphatic rings. The Labute approximate surface area is 189 Å². The predicted octanol–water partition coefficient (Wildman–Crippen LogP) is 4.36. The topological polar surface area (TPSA) is 70.5 Å². The molecule has 8 heteroatoms. The zero-order valence-electron chi connectivity index (χ0n) is 17.1. The van der Waals surface area contributed by atoms with E-state index in [0.717, 1.165) is 59.3 Å². The number of benzene rings is 1. The van der Waals surface area contributed by atoms with Gasteiger partial charge in [-0.2, -0.15) is 0 Å². The number of nitrogens with one attached hydrogen (secondary N) is 1. The van der Waals surface area contributed by atoms with Gasteiger partial charge in [-0.15, -0.1) is 22.7 Å². The molecule has 31 heavy (non-hydrogen) atoms. The monoisotopic (exact) mass is 452 g/mol. The van der Waals surface area contributed by atoms with Crippen molar-refractivity contribution in [3.05, 3.63) is 64.1 Å². The number of thiophene rings is 2. The number of aliphatic hydroxyl groups is 1. The van der Waals surface area contributed by atoms with E-state index in [-0.39, 0.29) is 6.61 Å². The van der Waals surface area contributed by atoms with Crippen molar-refractivity contribution in [3.8, 4) is 10.4 Å². The van der Waals surface area contributed by atoms with Crippen molar-refractivity contribution in [2.24, 2.45) is 0 Å². The third-order valence-electron chi connectivity index (χ3n) is 5.47. The summed E-state index contributed by atoms with van der Waals surface area (Å²) in [4.78, 5) is 14.4. The molecule has 0 unspecified atom stereocenters. The van der Waals surface area contributed by atoms with Crippen LogP contribution in [0.2, 0.25) is 0 Å². The van der Waals surface area contributed by atoms with Gasteiger partial charge >= 0.3 is 0 Å². The number of ether oxygens (including phenoxy) is 1. The SMILES string of the molecule is OCc1ccccc1CNc1nc(CN2CCOCC2)nc2scc(-c3cccs3)c12. The highest BCUT2D eigenvalue weighted by Gasteiger charge is 2.18. The standard InChI is InChI=1S/C23H24N4O2S2/c28-14-17-5-2-1-4-16(17)12-24-22-21-18(19-6-3-11-30-19)15-31-23(21)26-20(25-22)13-27-7-9-29-10-8-27/h1-6,11,15,28H,7-10,12-14H2,(H,24,25,26). The molecule has 6 nitrogen and oxygen atoms in total. The van der Waals surface area contributed by atoms with Gasteiger partial charge in [0, 0.05) is 35.5 Å². The molecule has 4 heterocycles. The second-order valence-electron chi connectivity index (χ2n) is 7.46. The lowest BCUT2D eigenvalue weighted by Gasteiger charge is -2.25. The van der Waals surface area contributed by atoms with Crippen LogP contribution in [0, 0.1) is 0 Å². The van der Waals surface area contributed by atoms with E-state index < -0.39 is 0 Å². The molecule has 2 N–H and O–H groups in total. The van der Waals surface area contributed by atoms with E-state index in [1.165, 1.54) is 10.4 Å². The van der Waals surface area contributed by atoms with Crippen LogP contribution in [0.25, 0.3) is 20.7 Å². The number of rotatable bonds is 7. The summed E-state index contributed by atoms with van der Waals surface area (Å²) in [6.45, 7) is 4.66. The van der Waals surface area contributed by atoms with E-state index in [0.29, 0.717) is 13.1 Å². The normalized spacial score (nSPS) is 14.9. The van der Waals surface area contributed by atoms with Gasteiger partial charge in [0.1, 0.15) is 16.5 Å². The smallest absolute Gasteiger partial charge is 0.146 e. The summed E-state index contributed by atoms with van der Waals surface area (Å²) in [6.07, 6.45) is 0. The predicted molar refractivity (Wildman–Crippen MR) is 127 cm³/mol. The van der Waals surface area contributed by atoms with Crippen molar-refractivity contribution in [2.45, 2.75) is 19.7 Å². The second kappa shape index (κ2) is 9.42. The van der Waals surface area contributed by atoms with Gasteiger partial charge in [-0.05, 0) is 22.6 Å². The number of aromatic nitrogens is 2. The average molecular weight is 453 g/mol. The van der Waals surface area contributed by atoms with Crippen LogP contribution in [0.1, 0.15) is 17.0 Å². The lowest BCUT2D eigenvalue weighted by molar-refractivity contribution is 0.0331. The first-order valence-corrected chi connectivity index (χ1v) is 12.1. The number of anilines is 1. The fourth-order valence-electron chi connectivity index (χ4n) is 3.82. The summed E-state index contributed by atoms with van der Waals surface area (Å²) in [7, 11) is 0. The molecule has 5 rings (SSSR count). The van der Waals surface area contributed by atoms with Crippen molar-refractivity contribution < 1.29 is 9.84 Å². The molecule has 0 spiro atoms. The molecule has 1 saturated heterocycles. The van der Waals surface area contributed by atoms with E-state index in [1.807, 2.05) is 24.3 Å². The van der Waals surface area contributed by atoms with Crippen LogP contribution in [-0.4, -0.2) is 46.3 Å². The molecular formula is C23H24N4O2S2. The van der Waals surface area contributed by atoms with E-state index in [2.05, 4.69) is 33.1 Å². The number of hydrogen-bond acceptors (Lipinski definition) is 8. The van der Waals surface area contributed by atoms with Crippen molar-refractivity contribution in [2.75, 3.05) is 31.6 Å². The first-order chi connectivity index (χ1) is 15.3. The van der Waals surface area contributed by atoms with Gasteiger partial charge in [-0.1, -0.05) is 30.3 Å². The molecule has 0 bridgehead atoms. The molecule has 1 aromatic carbocycles. The van der Waals surface area contributed by atoms with Crippen LogP contribution in [-0.2, 0) is 24.4 Å². The summed E-state index contributed by atoms with van der Waals surface area (Å²) in [5.41, 5.74) is 3.17. The van der Waals surface area contributed by atoms with E-state index in [4.69, 9.17) is 14.7 Å². The van der Waals surface area contributed by atoms with Gasteiger partial charge in [0.2, 0.25) is 0 Å². The zero-order valence-corrected chi connectivity index (χ0v) is 18.7. The minimum absolute atomic E-state index is 0.0260. The Morgan fingerprint density at radius 2 is 1.87 bits per heavy atom. The summed E-state index contributed by atoms with van der Waals surface area (Å²) in [5.74, 6) is 1.68. The molecule has 0 radical (unpaired) electrons. The Morgan fingerprint density at radius 1 is 1.03 bits per heavy atom. The van der Waals surface area contributed by atoms with Crippen molar-refractivity contribution in [1.82, 2.24) is 14.9 Å². The molecule has 0 aliphatic carbocycles. The minimum atomic E-state index is 0.0260. The minimum Gasteiger partial charge on any atom is -0.392 e. The largest absolute Gasteiger partial charge is 0.392 e. The lowest BCUT2D eigenvalue weighted by Crippen LogP contribution is -2.36. The summed E-state index contributed by atoms with van der Waals surface area (Å²) < 4.78 is 5.47. The quantitative estimate of drug-likeness (QED) is 0.434. The Kier molecular flexibility index (Phi) is 6.24. The molecule has 4 aromatic rings. The van der Waals surface area contributed by atoms with Crippen molar-refractivity contribution in [3.63, 3.8) is 0 Å². The second-order valence-corrected chi connectivity index (χ2v) is 9.27. The summed E-state index contributed by atoms with van der Waals surface area (Å²) in [6, 6.07) is 12.2. The molecule has 3 aromatic heterocycles. The fourth-order valence-corrected chi connectivity index (χ4v) is 5.60. The number of aliphatic hydroxyl groups excluding tert-OH is 1. The molecule has 160 valence electrons. The number of nitrogens with zero attached hydrogens (tertiary/aromatic N) is 3. The van der Waals surface area contributed by atoms with E-state index >= 15 is 0 Å². The van der Waals surface area contributed by atoms with Crippen LogP contribution in [0.15, 0.2) is 47.2 Å². The van der Waals surface area contributed by atoms with Gasteiger partial charge in [0.25, 0.3) is 0 Å². The zero-order chi connectivity index (χ0) is 21.0. The molecule has 0 amide bonds. The Balaban J connectivity index is 1.51. The van der Waals surface area contributed by atoms with E-state index in [1.54, 1.807) is 22.7 Å². The molecule has 0 atom stereocenters. The van der Waals surface area contributed by atoms with Gasteiger partial charge < -0.3 is 15.2 Å². The number of morpholine rings is 1. The maximum Gasteiger partial charge on any atom is 0.146 e. The van der Waals surface area contributed by atoms with Crippen LogP contribution >= 0.6 is 22.7 Å². The molecular weight excluding hydrogens is 428 g/mol. The van der Waals surface area contributed by atoms with Crippen molar-refractivity contribution >= 4 is 38.7 Å². The summed E-state index contributed by atoms with van der Waals surface area (Å²) >= 11 is 3.39. The molecule has 1 aliphatic heterocycles. The number of fused-ring (bicyclic) bond motifs is 1. The first-order valence-electron chi connectivity index (χ1n) is 10.4. The van der Waals surface area contributed by atoms with Gasteiger partial charge in [-0.25, -0.2) is 9.97 Å². The number of hydrogen-bond donors (Lipinski definition) is 2. The maximum absolute atomic E-state index is 9.68. The van der Waals surface area contributed by atoms with Crippen LogP contribution in [0.5, 0.6) is 0 Å². The van der Waals surface area contributed by atoms with Gasteiger partial charge in [-0.3, -0.25) is 4.90 Å². The summed E-state index contributed by atoms with van der Waals surface area (Å²) in [5, 5.41) is 18.6. The van der Waals surface area contributed by atoms with Crippen molar-refractivity contribution in [1.29, 1.82) is 0 Å². The van der Waals surface area contributed by atoms with Crippen LogP contribution < -0.4 is 5.32 Å². The Morgan fingerprint density at radius 3 is 2.65 bits per heavy atom.